The first kappa shape index (κ1) is 11.9. The maximum absolute atomic E-state index is 5.93. The number of ether oxygens (including phenoxy) is 1. The number of fused-ring (bicyclic) bond motifs is 2. The molecule has 0 spiro atoms. The third-order valence-electron chi connectivity index (χ3n) is 4.43. The molecule has 3 aliphatic rings. The van der Waals surface area contributed by atoms with Gasteiger partial charge in [-0.05, 0) is 32.1 Å². The van der Waals surface area contributed by atoms with Gasteiger partial charge in [-0.1, -0.05) is 13.3 Å². The van der Waals surface area contributed by atoms with E-state index in [1.807, 2.05) is 0 Å². The molecule has 17 heavy (non-hydrogen) atoms. The van der Waals surface area contributed by atoms with Crippen molar-refractivity contribution in [3.8, 4) is 0 Å². The summed E-state index contributed by atoms with van der Waals surface area (Å²) in [5, 5.41) is 3.71. The first-order valence-corrected chi connectivity index (χ1v) is 7.48. The van der Waals surface area contributed by atoms with Crippen LogP contribution in [0.15, 0.2) is 0 Å². The standard InChI is InChI=1S/C14H26N2O/c1-2-3-12(8-15-11-4-5-11)16-9-13-6-7-14(10-16)17-13/h11-15H,2-10H2,1H3. The Balaban J connectivity index is 1.53. The molecule has 3 heteroatoms. The molecule has 0 amide bonds. The summed E-state index contributed by atoms with van der Waals surface area (Å²) in [6.07, 6.45) is 9.07. The van der Waals surface area contributed by atoms with Gasteiger partial charge in [-0.3, -0.25) is 4.90 Å². The van der Waals surface area contributed by atoms with Crippen molar-refractivity contribution in [2.75, 3.05) is 19.6 Å². The lowest BCUT2D eigenvalue weighted by Gasteiger charge is -2.38. The molecular weight excluding hydrogens is 212 g/mol. The van der Waals surface area contributed by atoms with Gasteiger partial charge in [0.15, 0.2) is 0 Å². The summed E-state index contributed by atoms with van der Waals surface area (Å²) in [6, 6.07) is 1.58. The van der Waals surface area contributed by atoms with Crippen LogP contribution >= 0.6 is 0 Å². The molecule has 2 saturated heterocycles. The predicted molar refractivity (Wildman–Crippen MR) is 69.2 cm³/mol. The van der Waals surface area contributed by atoms with Crippen molar-refractivity contribution in [1.82, 2.24) is 10.2 Å². The SMILES string of the molecule is CCCC(CNC1CC1)N1CC2CCC(C1)O2. The van der Waals surface area contributed by atoms with Gasteiger partial charge in [0.25, 0.3) is 0 Å². The molecule has 0 aromatic rings. The first-order chi connectivity index (χ1) is 8.35. The molecule has 1 N–H and O–H groups in total. The zero-order chi connectivity index (χ0) is 11.7. The molecule has 3 rings (SSSR count). The monoisotopic (exact) mass is 238 g/mol. The minimum Gasteiger partial charge on any atom is -0.372 e. The van der Waals surface area contributed by atoms with Gasteiger partial charge in [-0.25, -0.2) is 0 Å². The molecule has 98 valence electrons. The molecular formula is C14H26N2O. The Kier molecular flexibility index (Phi) is 3.69. The number of hydrogen-bond donors (Lipinski definition) is 1. The molecule has 2 heterocycles. The lowest BCUT2D eigenvalue weighted by atomic mass is 10.1. The van der Waals surface area contributed by atoms with Crippen molar-refractivity contribution in [2.45, 2.75) is 69.7 Å². The molecule has 2 aliphatic heterocycles. The quantitative estimate of drug-likeness (QED) is 0.763. The molecule has 0 aromatic carbocycles. The molecule has 1 saturated carbocycles. The molecule has 3 fully saturated rings. The largest absolute Gasteiger partial charge is 0.372 e. The van der Waals surface area contributed by atoms with Gasteiger partial charge in [0.2, 0.25) is 0 Å². The van der Waals surface area contributed by atoms with Crippen LogP contribution in [0.3, 0.4) is 0 Å². The molecule has 2 bridgehead atoms. The minimum atomic E-state index is 0.536. The summed E-state index contributed by atoms with van der Waals surface area (Å²) in [4.78, 5) is 2.70. The van der Waals surface area contributed by atoms with Crippen LogP contribution in [0.25, 0.3) is 0 Å². The Bertz CT molecular complexity index is 243. The Morgan fingerprint density at radius 3 is 2.47 bits per heavy atom. The van der Waals surface area contributed by atoms with Crippen LogP contribution in [0.1, 0.15) is 45.4 Å². The van der Waals surface area contributed by atoms with E-state index in [4.69, 9.17) is 4.74 Å². The number of rotatable bonds is 6. The second-order valence-electron chi connectivity index (χ2n) is 6.04. The second-order valence-corrected chi connectivity index (χ2v) is 6.04. The van der Waals surface area contributed by atoms with Crippen LogP contribution in [0.4, 0.5) is 0 Å². The fraction of sp³-hybridized carbons (Fsp3) is 1.00. The number of morpholine rings is 1. The summed E-state index contributed by atoms with van der Waals surface area (Å²) in [5.41, 5.74) is 0. The normalized spacial score (nSPS) is 35.1. The van der Waals surface area contributed by atoms with Crippen molar-refractivity contribution in [1.29, 1.82) is 0 Å². The minimum absolute atomic E-state index is 0.536. The Morgan fingerprint density at radius 2 is 1.88 bits per heavy atom. The number of nitrogens with one attached hydrogen (secondary N) is 1. The van der Waals surface area contributed by atoms with Crippen LogP contribution in [-0.2, 0) is 4.74 Å². The van der Waals surface area contributed by atoms with Crippen molar-refractivity contribution in [3.63, 3.8) is 0 Å². The van der Waals surface area contributed by atoms with E-state index in [-0.39, 0.29) is 0 Å². The number of nitrogens with zero attached hydrogens (tertiary/aromatic N) is 1. The van der Waals surface area contributed by atoms with E-state index in [9.17, 15) is 0 Å². The van der Waals surface area contributed by atoms with Crippen molar-refractivity contribution < 1.29 is 4.74 Å². The van der Waals surface area contributed by atoms with Gasteiger partial charge in [0.05, 0.1) is 12.2 Å². The predicted octanol–water partition coefficient (Wildman–Crippen LogP) is 1.77. The Labute approximate surface area is 105 Å². The second kappa shape index (κ2) is 5.25. The van der Waals surface area contributed by atoms with Gasteiger partial charge < -0.3 is 10.1 Å². The van der Waals surface area contributed by atoms with Crippen molar-refractivity contribution in [3.05, 3.63) is 0 Å². The molecule has 0 aromatic heterocycles. The van der Waals surface area contributed by atoms with Gasteiger partial charge in [0.1, 0.15) is 0 Å². The van der Waals surface area contributed by atoms with E-state index in [1.54, 1.807) is 0 Å². The van der Waals surface area contributed by atoms with Crippen LogP contribution in [0, 0.1) is 0 Å². The highest BCUT2D eigenvalue weighted by molar-refractivity contribution is 4.90. The summed E-state index contributed by atoms with van der Waals surface area (Å²) in [5.74, 6) is 0. The van der Waals surface area contributed by atoms with Gasteiger partial charge in [-0.15, -0.1) is 0 Å². The van der Waals surface area contributed by atoms with E-state index < -0.39 is 0 Å². The molecule has 3 nitrogen and oxygen atoms in total. The molecule has 0 radical (unpaired) electrons. The fourth-order valence-electron chi connectivity index (χ4n) is 3.28. The summed E-state index contributed by atoms with van der Waals surface area (Å²) >= 11 is 0. The maximum atomic E-state index is 5.93. The number of likely N-dealkylation sites (tertiary alicyclic amines) is 1. The number of hydrogen-bond acceptors (Lipinski definition) is 3. The van der Waals surface area contributed by atoms with Gasteiger partial charge >= 0.3 is 0 Å². The Morgan fingerprint density at radius 1 is 1.18 bits per heavy atom. The summed E-state index contributed by atoms with van der Waals surface area (Å²) < 4.78 is 5.93. The van der Waals surface area contributed by atoms with Gasteiger partial charge in [-0.2, -0.15) is 0 Å². The van der Waals surface area contributed by atoms with Gasteiger partial charge in [0, 0.05) is 31.7 Å². The van der Waals surface area contributed by atoms with E-state index >= 15 is 0 Å². The average Bonchev–Trinajstić information content (AvgIpc) is 3.10. The van der Waals surface area contributed by atoms with E-state index in [2.05, 4.69) is 17.1 Å². The summed E-state index contributed by atoms with van der Waals surface area (Å²) in [6.45, 7) is 5.85. The van der Waals surface area contributed by atoms with E-state index in [1.165, 1.54) is 58.2 Å². The highest BCUT2D eigenvalue weighted by Crippen LogP contribution is 2.28. The highest BCUT2D eigenvalue weighted by atomic mass is 16.5. The third-order valence-corrected chi connectivity index (χ3v) is 4.43. The van der Waals surface area contributed by atoms with Crippen molar-refractivity contribution in [2.24, 2.45) is 0 Å². The first-order valence-electron chi connectivity index (χ1n) is 7.48. The van der Waals surface area contributed by atoms with Crippen LogP contribution < -0.4 is 5.32 Å². The highest BCUT2D eigenvalue weighted by Gasteiger charge is 2.36. The summed E-state index contributed by atoms with van der Waals surface area (Å²) in [7, 11) is 0. The average molecular weight is 238 g/mol. The molecule has 3 atom stereocenters. The van der Waals surface area contributed by atoms with Crippen LogP contribution in [-0.4, -0.2) is 48.8 Å². The Hall–Kier alpha value is -0.120. The van der Waals surface area contributed by atoms with Crippen LogP contribution in [0.5, 0.6) is 0 Å². The smallest absolute Gasteiger partial charge is 0.0707 e. The fourth-order valence-corrected chi connectivity index (χ4v) is 3.28. The molecule has 3 unspecified atom stereocenters. The molecule has 1 aliphatic carbocycles. The zero-order valence-electron chi connectivity index (χ0n) is 11.0. The lowest BCUT2D eigenvalue weighted by molar-refractivity contribution is -0.0535. The van der Waals surface area contributed by atoms with Crippen molar-refractivity contribution >= 4 is 0 Å². The van der Waals surface area contributed by atoms with E-state index in [0.717, 1.165) is 12.1 Å². The zero-order valence-corrected chi connectivity index (χ0v) is 11.0. The van der Waals surface area contributed by atoms with Crippen LogP contribution in [0.2, 0.25) is 0 Å². The maximum Gasteiger partial charge on any atom is 0.0707 e. The lowest BCUT2D eigenvalue weighted by Crippen LogP contribution is -2.51. The van der Waals surface area contributed by atoms with E-state index in [0.29, 0.717) is 12.2 Å². The third kappa shape index (κ3) is 3.01. The topological polar surface area (TPSA) is 24.5 Å².